The van der Waals surface area contributed by atoms with Crippen LogP contribution in [0.4, 0.5) is 5.69 Å². The van der Waals surface area contributed by atoms with Gasteiger partial charge in [-0.15, -0.1) is 0 Å². The van der Waals surface area contributed by atoms with Crippen LogP contribution in [0.25, 0.3) is 0 Å². The molecule has 3 rings (SSSR count). The number of carbonyl (C=O) groups is 1. The van der Waals surface area contributed by atoms with Gasteiger partial charge >= 0.3 is 5.97 Å². The Hall–Kier alpha value is -2.10. The van der Waals surface area contributed by atoms with Crippen LogP contribution in [0.5, 0.6) is 0 Å². The summed E-state index contributed by atoms with van der Waals surface area (Å²) in [5.41, 5.74) is 4.40. The molecule has 2 atom stereocenters. The first-order chi connectivity index (χ1) is 10.8. The van der Waals surface area contributed by atoms with E-state index < -0.39 is 5.41 Å². The third kappa shape index (κ3) is 2.65. The number of nitrogens with one attached hydrogen (secondary N) is 1. The fraction of sp³-hybridized carbons (Fsp3) is 0.444. The Bertz CT molecular complexity index is 594. The van der Waals surface area contributed by atoms with Crippen LogP contribution in [-0.2, 0) is 9.53 Å². The Morgan fingerprint density at radius 3 is 3.00 bits per heavy atom. The zero-order valence-corrected chi connectivity index (χ0v) is 12.9. The molecule has 0 radical (unpaired) electrons. The second-order valence-corrected chi connectivity index (χ2v) is 5.91. The van der Waals surface area contributed by atoms with Gasteiger partial charge in [0.25, 0.3) is 0 Å². The van der Waals surface area contributed by atoms with Crippen molar-refractivity contribution in [3.05, 3.63) is 42.5 Å². The van der Waals surface area contributed by atoms with Crippen LogP contribution in [0.3, 0.4) is 0 Å². The zero-order chi connectivity index (χ0) is 15.4. The quantitative estimate of drug-likeness (QED) is 0.523. The maximum Gasteiger partial charge on any atom is 0.318 e. The first kappa shape index (κ1) is 14.8. The van der Waals surface area contributed by atoms with Crippen molar-refractivity contribution in [1.29, 1.82) is 0 Å². The van der Waals surface area contributed by atoms with Crippen LogP contribution >= 0.6 is 0 Å². The molecule has 0 saturated heterocycles. The molecule has 116 valence electrons. The van der Waals surface area contributed by atoms with Crippen molar-refractivity contribution >= 4 is 17.4 Å². The highest BCUT2D eigenvalue weighted by molar-refractivity contribution is 6.10. The van der Waals surface area contributed by atoms with Crippen LogP contribution < -0.4 is 5.43 Å². The summed E-state index contributed by atoms with van der Waals surface area (Å²) >= 11 is 0. The predicted octanol–water partition coefficient (Wildman–Crippen LogP) is 3.76. The van der Waals surface area contributed by atoms with Crippen LogP contribution in [0.15, 0.2) is 47.6 Å². The van der Waals surface area contributed by atoms with Crippen LogP contribution in [0.1, 0.15) is 32.6 Å². The summed E-state index contributed by atoms with van der Waals surface area (Å²) < 4.78 is 5.36. The summed E-state index contributed by atoms with van der Waals surface area (Å²) in [5, 5.41) is 4.63. The molecule has 4 nitrogen and oxygen atoms in total. The molecule has 0 aliphatic heterocycles. The number of hydrogen-bond donors (Lipinski definition) is 1. The molecule has 0 aromatic heterocycles. The highest BCUT2D eigenvalue weighted by atomic mass is 16.5. The summed E-state index contributed by atoms with van der Waals surface area (Å²) in [6, 6.07) is 9.83. The van der Waals surface area contributed by atoms with Gasteiger partial charge in [0.1, 0.15) is 5.41 Å². The van der Waals surface area contributed by atoms with Gasteiger partial charge in [-0.25, -0.2) is 0 Å². The molecule has 2 aliphatic rings. The van der Waals surface area contributed by atoms with Gasteiger partial charge in [0.05, 0.1) is 18.0 Å². The minimum Gasteiger partial charge on any atom is -0.465 e. The van der Waals surface area contributed by atoms with Crippen molar-refractivity contribution < 1.29 is 9.53 Å². The molecular weight excluding hydrogens is 276 g/mol. The first-order valence-electron chi connectivity index (χ1n) is 7.99. The molecule has 1 N–H and O–H groups in total. The average Bonchev–Trinajstić information content (AvgIpc) is 2.53. The van der Waals surface area contributed by atoms with Gasteiger partial charge in [-0.3, -0.25) is 10.2 Å². The van der Waals surface area contributed by atoms with E-state index in [4.69, 9.17) is 4.74 Å². The van der Waals surface area contributed by atoms with Crippen LogP contribution in [0.2, 0.25) is 0 Å². The molecule has 0 spiro atoms. The van der Waals surface area contributed by atoms with E-state index in [0.29, 0.717) is 13.0 Å². The molecule has 22 heavy (non-hydrogen) atoms. The SMILES string of the molecule is CCOC(=O)[C@@]12CC=C[C@@H](CCC1)/C2=N/Nc1ccccc1. The lowest BCUT2D eigenvalue weighted by molar-refractivity contribution is -0.152. The molecule has 0 unspecified atom stereocenters. The molecule has 1 aromatic carbocycles. The van der Waals surface area contributed by atoms with E-state index in [2.05, 4.69) is 22.7 Å². The predicted molar refractivity (Wildman–Crippen MR) is 87.7 cm³/mol. The van der Waals surface area contributed by atoms with Gasteiger partial charge in [-0.1, -0.05) is 36.8 Å². The summed E-state index contributed by atoms with van der Waals surface area (Å²) in [6.45, 7) is 2.26. The van der Waals surface area contributed by atoms with Crippen LogP contribution in [0, 0.1) is 11.3 Å². The van der Waals surface area contributed by atoms with E-state index in [0.717, 1.165) is 30.7 Å². The van der Waals surface area contributed by atoms with E-state index in [9.17, 15) is 4.79 Å². The van der Waals surface area contributed by atoms with Crippen molar-refractivity contribution in [3.63, 3.8) is 0 Å². The Morgan fingerprint density at radius 1 is 1.41 bits per heavy atom. The second kappa shape index (κ2) is 6.34. The Morgan fingerprint density at radius 2 is 2.23 bits per heavy atom. The van der Waals surface area contributed by atoms with Crippen molar-refractivity contribution in [2.24, 2.45) is 16.4 Å². The lowest BCUT2D eigenvalue weighted by atomic mass is 9.63. The number of allylic oxidation sites excluding steroid dienone is 2. The zero-order valence-electron chi connectivity index (χ0n) is 12.9. The summed E-state index contributed by atoms with van der Waals surface area (Å²) in [5.74, 6) is 0.112. The van der Waals surface area contributed by atoms with Gasteiger partial charge < -0.3 is 4.74 Å². The van der Waals surface area contributed by atoms with E-state index in [1.807, 2.05) is 37.3 Å². The number of carbonyl (C=O) groups excluding carboxylic acids is 1. The highest BCUT2D eigenvalue weighted by Crippen LogP contribution is 2.45. The third-order valence-electron chi connectivity index (χ3n) is 4.54. The molecule has 2 bridgehead atoms. The number of anilines is 1. The number of fused-ring (bicyclic) bond motifs is 2. The minimum atomic E-state index is -0.574. The number of para-hydroxylation sites is 1. The maximum atomic E-state index is 12.6. The first-order valence-corrected chi connectivity index (χ1v) is 7.99. The molecule has 1 fully saturated rings. The van der Waals surface area contributed by atoms with E-state index in [-0.39, 0.29) is 11.9 Å². The summed E-state index contributed by atoms with van der Waals surface area (Å²) in [4.78, 5) is 12.6. The van der Waals surface area contributed by atoms with Gasteiger partial charge in [0.2, 0.25) is 0 Å². The Kier molecular flexibility index (Phi) is 4.27. The fourth-order valence-corrected chi connectivity index (χ4v) is 3.46. The molecule has 1 saturated carbocycles. The fourth-order valence-electron chi connectivity index (χ4n) is 3.46. The van der Waals surface area contributed by atoms with Crippen molar-refractivity contribution in [2.45, 2.75) is 32.6 Å². The standard InChI is InChI=1S/C18H22N2O2/c1-2-22-17(21)18-12-6-8-14(9-7-13-18)16(18)20-19-15-10-4-3-5-11-15/h3-6,8,10-11,14,19H,2,7,9,12-13H2,1H3/b20-16-/t14-,18-/m0/s1. The van der Waals surface area contributed by atoms with E-state index in [1.165, 1.54) is 0 Å². The normalized spacial score (nSPS) is 28.4. The maximum absolute atomic E-state index is 12.6. The largest absolute Gasteiger partial charge is 0.465 e. The van der Waals surface area contributed by atoms with E-state index >= 15 is 0 Å². The number of esters is 1. The highest BCUT2D eigenvalue weighted by Gasteiger charge is 2.50. The van der Waals surface area contributed by atoms with Crippen molar-refractivity contribution in [1.82, 2.24) is 0 Å². The lowest BCUT2D eigenvalue weighted by Gasteiger charge is -2.41. The molecular formula is C18H22N2O2. The average molecular weight is 298 g/mol. The Labute approximate surface area is 131 Å². The lowest BCUT2D eigenvalue weighted by Crippen LogP contribution is -2.48. The van der Waals surface area contributed by atoms with Crippen molar-refractivity contribution in [2.75, 3.05) is 12.0 Å². The van der Waals surface area contributed by atoms with Gasteiger partial charge in [-0.2, -0.15) is 5.10 Å². The van der Waals surface area contributed by atoms with Gasteiger partial charge in [0, 0.05) is 5.92 Å². The van der Waals surface area contributed by atoms with Crippen LogP contribution in [-0.4, -0.2) is 18.3 Å². The number of hydrogen-bond acceptors (Lipinski definition) is 4. The van der Waals surface area contributed by atoms with Gasteiger partial charge in [0.15, 0.2) is 0 Å². The number of hydrazone groups is 1. The summed E-state index contributed by atoms with van der Waals surface area (Å²) in [7, 11) is 0. The molecule has 2 aliphatic carbocycles. The number of nitrogens with zero attached hydrogens (tertiary/aromatic N) is 1. The smallest absolute Gasteiger partial charge is 0.318 e. The van der Waals surface area contributed by atoms with E-state index in [1.54, 1.807) is 0 Å². The topological polar surface area (TPSA) is 50.7 Å². The van der Waals surface area contributed by atoms with Gasteiger partial charge in [-0.05, 0) is 38.3 Å². The monoisotopic (exact) mass is 298 g/mol. The molecule has 4 heteroatoms. The number of benzene rings is 1. The second-order valence-electron chi connectivity index (χ2n) is 5.91. The minimum absolute atomic E-state index is 0.127. The molecule has 0 heterocycles. The third-order valence-corrected chi connectivity index (χ3v) is 4.54. The Balaban J connectivity index is 1.91. The molecule has 1 aromatic rings. The number of rotatable bonds is 4. The summed E-state index contributed by atoms with van der Waals surface area (Å²) in [6.07, 6.45) is 7.90. The number of ether oxygens (including phenoxy) is 1. The molecule has 0 amide bonds. The van der Waals surface area contributed by atoms with Crippen molar-refractivity contribution in [3.8, 4) is 0 Å².